The number of aryl methyl sites for hydroxylation is 2. The van der Waals surface area contributed by atoms with Gasteiger partial charge in [0, 0.05) is 17.3 Å². The number of anilines is 1. The zero-order chi connectivity index (χ0) is 17.4. The fourth-order valence-electron chi connectivity index (χ4n) is 3.34. The number of benzene rings is 2. The fraction of sp³-hybridized carbons (Fsp3) is 0.263. The van der Waals surface area contributed by atoms with Crippen LogP contribution in [0.4, 0.5) is 5.69 Å². The Morgan fingerprint density at radius 3 is 3.08 bits per heavy atom. The number of thiazole rings is 1. The van der Waals surface area contributed by atoms with Crippen LogP contribution in [-0.4, -0.2) is 23.2 Å². The molecule has 128 valence electrons. The Bertz CT molecular complexity index is 940. The number of nitrogens with zero attached hydrogens (tertiary/aromatic N) is 2. The first-order valence-electron chi connectivity index (χ1n) is 8.19. The molecule has 1 aliphatic rings. The Kier molecular flexibility index (Phi) is 4.71. The third-order valence-corrected chi connectivity index (χ3v) is 6.93. The summed E-state index contributed by atoms with van der Waals surface area (Å²) in [7, 11) is 0. The molecule has 4 rings (SSSR count). The van der Waals surface area contributed by atoms with Crippen LogP contribution in [0.3, 0.4) is 0 Å². The van der Waals surface area contributed by atoms with Gasteiger partial charge in [-0.25, -0.2) is 4.98 Å². The maximum absolute atomic E-state index is 11.9. The van der Waals surface area contributed by atoms with Crippen LogP contribution in [0.25, 0.3) is 10.2 Å². The Labute approximate surface area is 160 Å². The predicted molar refractivity (Wildman–Crippen MR) is 107 cm³/mol. The highest BCUT2D eigenvalue weighted by Gasteiger charge is 2.27. The quantitative estimate of drug-likeness (QED) is 0.447. The summed E-state index contributed by atoms with van der Waals surface area (Å²) >= 11 is 9.18. The number of aldehydes is 1. The summed E-state index contributed by atoms with van der Waals surface area (Å²) in [4.78, 5) is 18.8. The van der Waals surface area contributed by atoms with Crippen LogP contribution in [0, 0.1) is 6.92 Å². The van der Waals surface area contributed by atoms with Crippen LogP contribution < -0.4 is 4.90 Å². The smallest absolute Gasteiger partial charge is 0.153 e. The Balaban J connectivity index is 1.66. The average molecular weight is 389 g/mol. The molecule has 25 heavy (non-hydrogen) atoms. The Morgan fingerprint density at radius 1 is 1.36 bits per heavy atom. The van der Waals surface area contributed by atoms with Gasteiger partial charge in [0.15, 0.2) is 10.6 Å². The number of rotatable bonds is 4. The third-order valence-electron chi connectivity index (χ3n) is 4.43. The van der Waals surface area contributed by atoms with E-state index < -0.39 is 0 Å². The standard InChI is InChI=1S/C19H17ClN2OS2/c1-12-4-2-5-13-6-3-9-22(18(12)13)17(11-23)25-19-21-15-10-14(20)7-8-16(15)24-19/h2,4-5,7-8,10-11,17H,3,6,9H2,1H3. The number of thioether (sulfide) groups is 1. The molecular formula is C19H17ClN2OS2. The first-order chi connectivity index (χ1) is 12.2. The summed E-state index contributed by atoms with van der Waals surface area (Å²) in [5.74, 6) is 0. The number of carbonyl (C=O) groups excluding carboxylic acids is 1. The minimum absolute atomic E-state index is 0.267. The van der Waals surface area contributed by atoms with Crippen molar-refractivity contribution in [1.82, 2.24) is 4.98 Å². The minimum Gasteiger partial charge on any atom is -0.352 e. The minimum atomic E-state index is -0.267. The summed E-state index contributed by atoms with van der Waals surface area (Å²) < 4.78 is 1.99. The van der Waals surface area contributed by atoms with Crippen molar-refractivity contribution in [1.29, 1.82) is 0 Å². The van der Waals surface area contributed by atoms with Crippen molar-refractivity contribution in [2.75, 3.05) is 11.4 Å². The second-order valence-electron chi connectivity index (χ2n) is 6.12. The molecule has 0 saturated heterocycles. The van der Waals surface area contributed by atoms with Crippen LogP contribution >= 0.6 is 34.7 Å². The molecule has 0 fully saturated rings. The van der Waals surface area contributed by atoms with Gasteiger partial charge < -0.3 is 9.69 Å². The van der Waals surface area contributed by atoms with Gasteiger partial charge in [-0.2, -0.15) is 0 Å². The number of hydrogen-bond donors (Lipinski definition) is 0. The van der Waals surface area contributed by atoms with Gasteiger partial charge in [0.05, 0.1) is 10.2 Å². The van der Waals surface area contributed by atoms with Gasteiger partial charge in [0.25, 0.3) is 0 Å². The van der Waals surface area contributed by atoms with E-state index in [1.54, 1.807) is 11.3 Å². The summed E-state index contributed by atoms with van der Waals surface area (Å²) in [5, 5.41) is 0.415. The molecule has 0 radical (unpaired) electrons. The molecule has 6 heteroatoms. The molecule has 1 aliphatic heterocycles. The highest BCUT2D eigenvalue weighted by atomic mass is 35.5. The first kappa shape index (κ1) is 16.9. The lowest BCUT2D eigenvalue weighted by Crippen LogP contribution is -2.38. The molecule has 3 aromatic rings. The van der Waals surface area contributed by atoms with E-state index >= 15 is 0 Å². The molecule has 0 saturated carbocycles. The second-order valence-corrected chi connectivity index (χ2v) is 8.95. The van der Waals surface area contributed by atoms with E-state index in [1.807, 2.05) is 18.2 Å². The van der Waals surface area contributed by atoms with Crippen molar-refractivity contribution in [3.63, 3.8) is 0 Å². The molecule has 1 unspecified atom stereocenters. The van der Waals surface area contributed by atoms with Gasteiger partial charge in [-0.15, -0.1) is 11.3 Å². The molecule has 3 nitrogen and oxygen atoms in total. The molecule has 2 aromatic carbocycles. The van der Waals surface area contributed by atoms with Crippen molar-refractivity contribution in [2.24, 2.45) is 0 Å². The van der Waals surface area contributed by atoms with E-state index in [1.165, 1.54) is 28.6 Å². The van der Waals surface area contributed by atoms with E-state index in [9.17, 15) is 4.79 Å². The summed E-state index contributed by atoms with van der Waals surface area (Å²) in [6, 6.07) is 12.1. The van der Waals surface area contributed by atoms with Crippen molar-refractivity contribution in [3.05, 3.63) is 52.5 Å². The number of aromatic nitrogens is 1. The average Bonchev–Trinajstić information content (AvgIpc) is 3.01. The van der Waals surface area contributed by atoms with E-state index in [4.69, 9.17) is 11.6 Å². The lowest BCUT2D eigenvalue weighted by Gasteiger charge is -2.35. The highest BCUT2D eigenvalue weighted by Crippen LogP contribution is 2.38. The SMILES string of the molecule is Cc1cccc2c1N(C(C=O)Sc1nc3cc(Cl)ccc3s1)CCC2. The molecule has 0 amide bonds. The molecule has 0 aliphatic carbocycles. The van der Waals surface area contributed by atoms with Gasteiger partial charge in [-0.1, -0.05) is 41.6 Å². The van der Waals surface area contributed by atoms with E-state index in [0.29, 0.717) is 5.02 Å². The molecular weight excluding hydrogens is 372 g/mol. The molecule has 2 heterocycles. The number of fused-ring (bicyclic) bond motifs is 2. The Hall–Kier alpha value is -1.56. The summed E-state index contributed by atoms with van der Waals surface area (Å²) in [6.07, 6.45) is 3.17. The van der Waals surface area contributed by atoms with Gasteiger partial charge >= 0.3 is 0 Å². The lowest BCUT2D eigenvalue weighted by atomic mass is 9.98. The first-order valence-corrected chi connectivity index (χ1v) is 10.3. The van der Waals surface area contributed by atoms with Crippen molar-refractivity contribution < 1.29 is 4.79 Å². The summed E-state index contributed by atoms with van der Waals surface area (Å²) in [5.41, 5.74) is 4.65. The highest BCUT2D eigenvalue weighted by molar-refractivity contribution is 8.02. The van der Waals surface area contributed by atoms with Crippen molar-refractivity contribution in [3.8, 4) is 0 Å². The van der Waals surface area contributed by atoms with Gasteiger partial charge in [0.1, 0.15) is 5.37 Å². The van der Waals surface area contributed by atoms with Crippen molar-refractivity contribution >= 4 is 56.9 Å². The van der Waals surface area contributed by atoms with Crippen molar-refractivity contribution in [2.45, 2.75) is 29.5 Å². The molecule has 0 bridgehead atoms. The van der Waals surface area contributed by atoms with E-state index in [2.05, 4.69) is 35.0 Å². The van der Waals surface area contributed by atoms with Crippen LogP contribution in [0.5, 0.6) is 0 Å². The van der Waals surface area contributed by atoms with Gasteiger partial charge in [-0.3, -0.25) is 0 Å². The predicted octanol–water partition coefficient (Wildman–Crippen LogP) is 5.33. The second kappa shape index (κ2) is 6.98. The van der Waals surface area contributed by atoms with Crippen LogP contribution in [0.15, 0.2) is 40.7 Å². The van der Waals surface area contributed by atoms with Gasteiger partial charge in [0.2, 0.25) is 0 Å². The molecule has 0 spiro atoms. The molecule has 1 atom stereocenters. The maximum atomic E-state index is 11.9. The Morgan fingerprint density at radius 2 is 2.24 bits per heavy atom. The van der Waals surface area contributed by atoms with Crippen LogP contribution in [0.2, 0.25) is 5.02 Å². The number of carbonyl (C=O) groups is 1. The maximum Gasteiger partial charge on any atom is 0.153 e. The number of para-hydroxylation sites is 1. The summed E-state index contributed by atoms with van der Waals surface area (Å²) in [6.45, 7) is 3.01. The van der Waals surface area contributed by atoms with E-state index in [-0.39, 0.29) is 5.37 Å². The fourth-order valence-corrected chi connectivity index (χ4v) is 5.69. The van der Waals surface area contributed by atoms with Crippen LogP contribution in [-0.2, 0) is 11.2 Å². The topological polar surface area (TPSA) is 33.2 Å². The molecule has 1 aromatic heterocycles. The normalized spacial score (nSPS) is 15.2. The largest absolute Gasteiger partial charge is 0.352 e. The number of hydrogen-bond acceptors (Lipinski definition) is 5. The number of halogens is 1. The van der Waals surface area contributed by atoms with Gasteiger partial charge in [-0.05, 0) is 49.1 Å². The zero-order valence-electron chi connectivity index (χ0n) is 13.7. The lowest BCUT2D eigenvalue weighted by molar-refractivity contribution is -0.107. The molecule has 0 N–H and O–H groups in total. The monoisotopic (exact) mass is 388 g/mol. The zero-order valence-corrected chi connectivity index (χ0v) is 16.1. The third kappa shape index (κ3) is 3.28. The van der Waals surface area contributed by atoms with E-state index in [0.717, 1.165) is 40.2 Å². The van der Waals surface area contributed by atoms with Crippen LogP contribution in [0.1, 0.15) is 17.5 Å².